The molecule has 0 bridgehead atoms. The van der Waals surface area contributed by atoms with Crippen LogP contribution in [0.15, 0.2) is 40.4 Å². The standard InChI is InChI=1S/C15H11F2N7OS/c16-13(17)15-22-21-14(25-15)11-3-8(7-26-11)5-24-6-10(20-23-24)9-1-2-12(18)19-4-9/h1-4,6-7,13H,5H2,(H2,18,19). The second-order valence-corrected chi connectivity index (χ2v) is 6.25. The Morgan fingerprint density at radius 1 is 1.23 bits per heavy atom. The maximum atomic E-state index is 12.5. The van der Waals surface area contributed by atoms with Crippen molar-refractivity contribution in [3.05, 3.63) is 47.4 Å². The average molecular weight is 375 g/mol. The molecule has 4 aromatic heterocycles. The summed E-state index contributed by atoms with van der Waals surface area (Å²) in [6, 6.07) is 5.30. The van der Waals surface area contributed by atoms with E-state index in [2.05, 4.69) is 25.5 Å². The Balaban J connectivity index is 1.50. The van der Waals surface area contributed by atoms with E-state index in [-0.39, 0.29) is 5.89 Å². The lowest BCUT2D eigenvalue weighted by Crippen LogP contribution is -1.98. The topological polar surface area (TPSA) is 109 Å². The minimum atomic E-state index is -2.79. The van der Waals surface area contributed by atoms with Gasteiger partial charge < -0.3 is 10.2 Å². The fraction of sp³-hybridized carbons (Fsp3) is 0.133. The van der Waals surface area contributed by atoms with Crippen LogP contribution in [0.1, 0.15) is 17.9 Å². The van der Waals surface area contributed by atoms with Crippen LogP contribution in [0.25, 0.3) is 22.0 Å². The van der Waals surface area contributed by atoms with Crippen molar-refractivity contribution < 1.29 is 13.2 Å². The van der Waals surface area contributed by atoms with Gasteiger partial charge in [0.25, 0.3) is 11.8 Å². The quantitative estimate of drug-likeness (QED) is 0.571. The number of halogens is 2. The molecule has 11 heteroatoms. The highest BCUT2D eigenvalue weighted by Gasteiger charge is 2.18. The van der Waals surface area contributed by atoms with Crippen molar-refractivity contribution in [2.45, 2.75) is 13.0 Å². The van der Waals surface area contributed by atoms with Gasteiger partial charge in [0.05, 0.1) is 17.6 Å². The maximum Gasteiger partial charge on any atom is 0.314 e. The van der Waals surface area contributed by atoms with Crippen LogP contribution < -0.4 is 5.73 Å². The van der Waals surface area contributed by atoms with Crippen LogP contribution in [0, 0.1) is 0 Å². The van der Waals surface area contributed by atoms with Crippen molar-refractivity contribution in [1.29, 1.82) is 0 Å². The predicted molar refractivity (Wildman–Crippen MR) is 89.3 cm³/mol. The van der Waals surface area contributed by atoms with Crippen LogP contribution in [0.4, 0.5) is 14.6 Å². The first-order valence-electron chi connectivity index (χ1n) is 7.40. The van der Waals surface area contributed by atoms with Crippen molar-refractivity contribution in [1.82, 2.24) is 30.2 Å². The number of hydrogen-bond donors (Lipinski definition) is 1. The number of anilines is 1. The molecule has 0 unspecified atom stereocenters. The van der Waals surface area contributed by atoms with Crippen LogP contribution >= 0.6 is 11.3 Å². The Morgan fingerprint density at radius 2 is 2.12 bits per heavy atom. The van der Waals surface area contributed by atoms with Gasteiger partial charge in [-0.2, -0.15) is 8.78 Å². The highest BCUT2D eigenvalue weighted by Crippen LogP contribution is 2.29. The van der Waals surface area contributed by atoms with E-state index in [9.17, 15) is 8.78 Å². The second-order valence-electron chi connectivity index (χ2n) is 5.34. The van der Waals surface area contributed by atoms with Crippen LogP contribution in [0.5, 0.6) is 0 Å². The minimum absolute atomic E-state index is 0.0729. The van der Waals surface area contributed by atoms with Crippen molar-refractivity contribution >= 4 is 17.2 Å². The Morgan fingerprint density at radius 3 is 2.85 bits per heavy atom. The average Bonchev–Trinajstić information content (AvgIpc) is 3.36. The van der Waals surface area contributed by atoms with Gasteiger partial charge in [-0.3, -0.25) is 0 Å². The van der Waals surface area contributed by atoms with E-state index in [0.717, 1.165) is 11.1 Å². The number of nitrogen functional groups attached to an aromatic ring is 1. The molecule has 0 saturated heterocycles. The number of alkyl halides is 2. The third kappa shape index (κ3) is 3.28. The Bertz CT molecular complexity index is 1020. The van der Waals surface area contributed by atoms with Crippen molar-refractivity contribution in [2.75, 3.05) is 5.73 Å². The number of rotatable bonds is 5. The fourth-order valence-corrected chi connectivity index (χ4v) is 3.07. The summed E-state index contributed by atoms with van der Waals surface area (Å²) in [5, 5.41) is 17.0. The monoisotopic (exact) mass is 375 g/mol. The SMILES string of the molecule is Nc1ccc(-c2cn(Cc3csc(-c4nnc(C(F)F)o4)c3)nn2)cn1. The van der Waals surface area contributed by atoms with E-state index < -0.39 is 12.3 Å². The molecule has 132 valence electrons. The third-order valence-electron chi connectivity index (χ3n) is 3.46. The van der Waals surface area contributed by atoms with Gasteiger partial charge in [0.15, 0.2) is 0 Å². The van der Waals surface area contributed by atoms with E-state index >= 15 is 0 Å². The zero-order valence-electron chi connectivity index (χ0n) is 13.1. The summed E-state index contributed by atoms with van der Waals surface area (Å²) in [5.74, 6) is -0.181. The Labute approximate surface area is 149 Å². The molecule has 0 radical (unpaired) electrons. The number of nitrogens with two attached hydrogens (primary N) is 1. The molecule has 26 heavy (non-hydrogen) atoms. The first kappa shape index (κ1) is 16.3. The summed E-state index contributed by atoms with van der Waals surface area (Å²) in [4.78, 5) is 4.64. The van der Waals surface area contributed by atoms with E-state index in [1.807, 2.05) is 11.4 Å². The van der Waals surface area contributed by atoms with Gasteiger partial charge >= 0.3 is 6.43 Å². The molecule has 0 aliphatic carbocycles. The van der Waals surface area contributed by atoms with E-state index in [1.165, 1.54) is 11.3 Å². The molecule has 4 rings (SSSR count). The highest BCUT2D eigenvalue weighted by molar-refractivity contribution is 7.13. The molecule has 0 atom stereocenters. The number of aromatic nitrogens is 6. The largest absolute Gasteiger partial charge is 0.414 e. The summed E-state index contributed by atoms with van der Waals surface area (Å²) in [6.45, 7) is 0.460. The smallest absolute Gasteiger partial charge is 0.314 e. The number of hydrogen-bond acceptors (Lipinski definition) is 8. The zero-order chi connectivity index (χ0) is 18.1. The molecular formula is C15H11F2N7OS. The summed E-state index contributed by atoms with van der Waals surface area (Å²) in [7, 11) is 0. The van der Waals surface area contributed by atoms with Gasteiger partial charge in [-0.25, -0.2) is 9.67 Å². The first-order chi connectivity index (χ1) is 12.6. The van der Waals surface area contributed by atoms with Gasteiger partial charge in [0.1, 0.15) is 11.5 Å². The molecule has 0 aromatic carbocycles. The van der Waals surface area contributed by atoms with Crippen LogP contribution in [-0.4, -0.2) is 30.2 Å². The molecule has 0 aliphatic heterocycles. The van der Waals surface area contributed by atoms with Gasteiger partial charge in [0, 0.05) is 11.8 Å². The maximum absolute atomic E-state index is 12.5. The number of thiophene rings is 1. The molecule has 0 saturated carbocycles. The number of pyridine rings is 1. The molecule has 0 aliphatic rings. The summed E-state index contributed by atoms with van der Waals surface area (Å²) in [6.07, 6.45) is 0.626. The molecule has 0 amide bonds. The van der Waals surface area contributed by atoms with Gasteiger partial charge in [-0.05, 0) is 29.1 Å². The van der Waals surface area contributed by atoms with Crippen molar-refractivity contribution in [3.63, 3.8) is 0 Å². The van der Waals surface area contributed by atoms with Crippen molar-refractivity contribution in [3.8, 4) is 22.0 Å². The first-order valence-corrected chi connectivity index (χ1v) is 8.28. The molecule has 0 spiro atoms. The fourth-order valence-electron chi connectivity index (χ4n) is 2.24. The Hall–Kier alpha value is -3.21. The van der Waals surface area contributed by atoms with E-state index in [1.54, 1.807) is 29.2 Å². The Kier molecular flexibility index (Phi) is 4.13. The highest BCUT2D eigenvalue weighted by atomic mass is 32.1. The minimum Gasteiger partial charge on any atom is -0.414 e. The molecular weight excluding hydrogens is 364 g/mol. The van der Waals surface area contributed by atoms with E-state index in [0.29, 0.717) is 22.9 Å². The van der Waals surface area contributed by atoms with Gasteiger partial charge in [0.2, 0.25) is 0 Å². The molecule has 4 aromatic rings. The van der Waals surface area contributed by atoms with Crippen LogP contribution in [-0.2, 0) is 6.54 Å². The lowest BCUT2D eigenvalue weighted by molar-refractivity contribution is 0.116. The second kappa shape index (κ2) is 6.59. The van der Waals surface area contributed by atoms with Crippen LogP contribution in [0.2, 0.25) is 0 Å². The summed E-state index contributed by atoms with van der Waals surface area (Å²) in [5.41, 5.74) is 7.96. The molecule has 8 nitrogen and oxygen atoms in total. The summed E-state index contributed by atoms with van der Waals surface area (Å²) >= 11 is 1.33. The zero-order valence-corrected chi connectivity index (χ0v) is 13.9. The number of nitrogens with zero attached hydrogens (tertiary/aromatic N) is 6. The van der Waals surface area contributed by atoms with Gasteiger partial charge in [-0.1, -0.05) is 5.21 Å². The normalized spacial score (nSPS) is 11.3. The molecule has 2 N–H and O–H groups in total. The van der Waals surface area contributed by atoms with Crippen LogP contribution in [0.3, 0.4) is 0 Å². The summed E-state index contributed by atoms with van der Waals surface area (Å²) < 4.78 is 31.7. The molecule has 0 fully saturated rings. The van der Waals surface area contributed by atoms with Gasteiger partial charge in [-0.15, -0.1) is 26.6 Å². The van der Waals surface area contributed by atoms with Crippen molar-refractivity contribution in [2.24, 2.45) is 0 Å². The molecule has 4 heterocycles. The third-order valence-corrected chi connectivity index (χ3v) is 4.42. The van der Waals surface area contributed by atoms with E-state index in [4.69, 9.17) is 10.2 Å². The predicted octanol–water partition coefficient (Wildman–Crippen LogP) is 3.02. The lowest BCUT2D eigenvalue weighted by atomic mass is 10.2. The lowest BCUT2D eigenvalue weighted by Gasteiger charge is -1.97.